The summed E-state index contributed by atoms with van der Waals surface area (Å²) in [5.41, 5.74) is 2.11. The van der Waals surface area contributed by atoms with Crippen molar-refractivity contribution in [3.8, 4) is 5.75 Å². The van der Waals surface area contributed by atoms with Gasteiger partial charge in [-0.3, -0.25) is 24.6 Å². The molecule has 0 radical (unpaired) electrons. The molecule has 1 aromatic heterocycles. The van der Waals surface area contributed by atoms with Crippen molar-refractivity contribution in [2.75, 3.05) is 12.0 Å². The van der Waals surface area contributed by atoms with Crippen LogP contribution in [0.5, 0.6) is 5.75 Å². The van der Waals surface area contributed by atoms with Gasteiger partial charge in [0.1, 0.15) is 11.5 Å². The molecule has 1 aliphatic heterocycles. The quantitative estimate of drug-likeness (QED) is 0.132. The fraction of sp³-hybridized carbons (Fsp3) is 0.115. The zero-order chi connectivity index (χ0) is 25.6. The zero-order valence-electron chi connectivity index (χ0n) is 19.2. The molecule has 3 aromatic carbocycles. The maximum Gasteiger partial charge on any atom is 0.301 e. The summed E-state index contributed by atoms with van der Waals surface area (Å²) in [5, 5.41) is 22.7. The number of carbonyl (C=O) groups is 2. The van der Waals surface area contributed by atoms with Gasteiger partial charge in [0, 0.05) is 17.7 Å². The van der Waals surface area contributed by atoms with Crippen LogP contribution in [-0.4, -0.2) is 33.8 Å². The molecule has 36 heavy (non-hydrogen) atoms. The number of aliphatic hydroxyl groups excluding tert-OH is 1. The van der Waals surface area contributed by atoms with Crippen molar-refractivity contribution >= 4 is 49.8 Å². The van der Waals surface area contributed by atoms with Gasteiger partial charge in [0.2, 0.25) is 0 Å². The Morgan fingerprint density at radius 1 is 1.11 bits per heavy atom. The molecule has 1 atom stereocenters. The lowest BCUT2D eigenvalue weighted by Gasteiger charge is -2.22. The summed E-state index contributed by atoms with van der Waals surface area (Å²) in [4.78, 5) is 43.1. The lowest BCUT2D eigenvalue weighted by molar-refractivity contribution is -0.384. The Kier molecular flexibility index (Phi) is 5.73. The van der Waals surface area contributed by atoms with Gasteiger partial charge in [-0.1, -0.05) is 29.5 Å². The number of benzene rings is 3. The van der Waals surface area contributed by atoms with Gasteiger partial charge in [0.05, 0.1) is 33.9 Å². The number of hydrogen-bond donors (Lipinski definition) is 1. The number of amides is 1. The van der Waals surface area contributed by atoms with E-state index in [1.54, 1.807) is 24.3 Å². The Morgan fingerprint density at radius 3 is 2.56 bits per heavy atom. The number of ketones is 1. The minimum absolute atomic E-state index is 0.140. The monoisotopic (exact) mass is 501 g/mol. The predicted octanol–water partition coefficient (Wildman–Crippen LogP) is 5.15. The second-order valence-electron chi connectivity index (χ2n) is 8.22. The van der Waals surface area contributed by atoms with Gasteiger partial charge in [-0.2, -0.15) is 0 Å². The fourth-order valence-electron chi connectivity index (χ4n) is 4.17. The first-order valence-corrected chi connectivity index (χ1v) is 11.7. The number of aliphatic hydroxyl groups is 1. The summed E-state index contributed by atoms with van der Waals surface area (Å²) in [6.45, 7) is 1.94. The highest BCUT2D eigenvalue weighted by Gasteiger charge is 2.48. The Hall–Kier alpha value is -4.57. The minimum atomic E-state index is -1.04. The van der Waals surface area contributed by atoms with Crippen LogP contribution in [0.25, 0.3) is 16.0 Å². The molecule has 1 N–H and O–H groups in total. The molecule has 5 rings (SSSR count). The maximum atomic E-state index is 13.3. The number of carbonyl (C=O) groups excluding carboxylic acids is 2. The van der Waals surface area contributed by atoms with Gasteiger partial charge >= 0.3 is 5.91 Å². The highest BCUT2D eigenvalue weighted by atomic mass is 32.1. The fourth-order valence-corrected chi connectivity index (χ4v) is 5.26. The standard InChI is InChI=1S/C26H19N3O6S/c1-14-6-11-19-20(12-14)36-26(27-19)28-22(15-7-9-17(10-8-15)29(33)34)21(24(31)25(28)32)23(30)16-4-3-5-18(13-16)35-2/h3-13,22,30H,1-2H3/b23-21+/t22-/m0/s1. The number of nitro groups is 1. The van der Waals surface area contributed by atoms with Crippen LogP contribution in [0.15, 0.2) is 72.3 Å². The molecule has 0 saturated carbocycles. The molecule has 1 saturated heterocycles. The third-order valence-electron chi connectivity index (χ3n) is 5.95. The van der Waals surface area contributed by atoms with Crippen molar-refractivity contribution < 1.29 is 24.4 Å². The molecule has 1 aliphatic rings. The number of aryl methyl sites for hydroxylation is 1. The minimum Gasteiger partial charge on any atom is -0.507 e. The van der Waals surface area contributed by atoms with E-state index in [9.17, 15) is 24.8 Å². The summed E-state index contributed by atoms with van der Waals surface area (Å²) in [6, 6.07) is 16.6. The number of non-ortho nitro benzene ring substituents is 1. The molecule has 1 amide bonds. The van der Waals surface area contributed by atoms with E-state index in [0.29, 0.717) is 22.4 Å². The molecule has 10 heteroatoms. The summed E-state index contributed by atoms with van der Waals surface area (Å²) >= 11 is 1.25. The molecule has 0 unspecified atom stereocenters. The van der Waals surface area contributed by atoms with E-state index in [2.05, 4.69) is 4.98 Å². The van der Waals surface area contributed by atoms with Crippen molar-refractivity contribution in [1.82, 2.24) is 4.98 Å². The molecule has 180 valence electrons. The number of ether oxygens (including phenoxy) is 1. The van der Waals surface area contributed by atoms with E-state index in [1.165, 1.54) is 47.6 Å². The molecule has 4 aromatic rings. The van der Waals surface area contributed by atoms with Gasteiger partial charge in [-0.05, 0) is 54.4 Å². The van der Waals surface area contributed by atoms with E-state index in [0.717, 1.165) is 10.3 Å². The molecule has 2 heterocycles. The molecule has 1 fully saturated rings. The summed E-state index contributed by atoms with van der Waals surface area (Å²) in [7, 11) is 1.48. The third kappa shape index (κ3) is 3.87. The maximum absolute atomic E-state index is 13.3. The predicted molar refractivity (Wildman–Crippen MR) is 135 cm³/mol. The van der Waals surface area contributed by atoms with Crippen LogP contribution in [0.4, 0.5) is 10.8 Å². The second-order valence-corrected chi connectivity index (χ2v) is 9.23. The van der Waals surface area contributed by atoms with Crippen LogP contribution in [0, 0.1) is 17.0 Å². The van der Waals surface area contributed by atoms with Crippen molar-refractivity contribution in [3.05, 3.63) is 99.1 Å². The zero-order valence-corrected chi connectivity index (χ0v) is 20.0. The molecule has 0 aliphatic carbocycles. The second kappa shape index (κ2) is 8.90. The van der Waals surface area contributed by atoms with Gasteiger partial charge in [-0.15, -0.1) is 0 Å². The Morgan fingerprint density at radius 2 is 1.86 bits per heavy atom. The SMILES string of the molecule is COc1cccc(/C(O)=C2\C(=O)C(=O)N(c3nc4ccc(C)cc4s3)[C@H]2c2ccc([N+](=O)[O-])cc2)c1. The van der Waals surface area contributed by atoms with Crippen LogP contribution in [0.1, 0.15) is 22.7 Å². The van der Waals surface area contributed by atoms with Gasteiger partial charge in [-0.25, -0.2) is 4.98 Å². The van der Waals surface area contributed by atoms with Crippen LogP contribution in [0.2, 0.25) is 0 Å². The van der Waals surface area contributed by atoms with Crippen LogP contribution < -0.4 is 9.64 Å². The molecule has 0 bridgehead atoms. The number of nitrogens with zero attached hydrogens (tertiary/aromatic N) is 3. The number of Topliss-reactive ketones (excluding diaryl/α,β-unsaturated/α-hetero) is 1. The van der Waals surface area contributed by atoms with Crippen molar-refractivity contribution in [1.29, 1.82) is 0 Å². The molecular weight excluding hydrogens is 482 g/mol. The number of fused-ring (bicyclic) bond motifs is 1. The normalized spacial score (nSPS) is 17.1. The van der Waals surface area contributed by atoms with Gasteiger partial charge < -0.3 is 9.84 Å². The van der Waals surface area contributed by atoms with Crippen LogP contribution in [-0.2, 0) is 9.59 Å². The highest BCUT2D eigenvalue weighted by molar-refractivity contribution is 7.22. The van der Waals surface area contributed by atoms with Crippen molar-refractivity contribution in [2.45, 2.75) is 13.0 Å². The molecule has 0 spiro atoms. The van der Waals surface area contributed by atoms with E-state index in [-0.39, 0.29) is 22.2 Å². The largest absolute Gasteiger partial charge is 0.507 e. The third-order valence-corrected chi connectivity index (χ3v) is 6.96. The topological polar surface area (TPSA) is 123 Å². The van der Waals surface area contributed by atoms with Crippen LogP contribution >= 0.6 is 11.3 Å². The number of thiazole rings is 1. The van der Waals surface area contributed by atoms with E-state index < -0.39 is 22.7 Å². The number of hydrogen-bond acceptors (Lipinski definition) is 8. The van der Waals surface area contributed by atoms with E-state index in [4.69, 9.17) is 4.74 Å². The first-order chi connectivity index (χ1) is 17.3. The first-order valence-electron chi connectivity index (χ1n) is 10.9. The number of nitro benzene ring substituents is 1. The first kappa shape index (κ1) is 23.2. The van der Waals surface area contributed by atoms with Crippen molar-refractivity contribution in [3.63, 3.8) is 0 Å². The van der Waals surface area contributed by atoms with Crippen molar-refractivity contribution in [2.24, 2.45) is 0 Å². The smallest absolute Gasteiger partial charge is 0.301 e. The number of aromatic nitrogens is 1. The number of methoxy groups -OCH3 is 1. The summed E-state index contributed by atoms with van der Waals surface area (Å²) in [5.74, 6) is -1.65. The summed E-state index contributed by atoms with van der Waals surface area (Å²) in [6.07, 6.45) is 0. The van der Waals surface area contributed by atoms with Gasteiger partial charge in [0.25, 0.3) is 11.5 Å². The lowest BCUT2D eigenvalue weighted by Crippen LogP contribution is -2.29. The number of rotatable bonds is 5. The number of anilines is 1. The average molecular weight is 502 g/mol. The summed E-state index contributed by atoms with van der Waals surface area (Å²) < 4.78 is 6.06. The Balaban J connectivity index is 1.72. The van der Waals surface area contributed by atoms with E-state index >= 15 is 0 Å². The Bertz CT molecular complexity index is 1570. The van der Waals surface area contributed by atoms with Gasteiger partial charge in [0.15, 0.2) is 5.13 Å². The highest BCUT2D eigenvalue weighted by Crippen LogP contribution is 2.44. The average Bonchev–Trinajstić information content (AvgIpc) is 3.41. The van der Waals surface area contributed by atoms with E-state index in [1.807, 2.05) is 25.1 Å². The lowest BCUT2D eigenvalue weighted by atomic mass is 9.95. The molecule has 9 nitrogen and oxygen atoms in total. The Labute approximate surface area is 209 Å². The molecular formula is C26H19N3O6S. The van der Waals surface area contributed by atoms with Crippen LogP contribution in [0.3, 0.4) is 0 Å².